The molecule has 1 nitrogen and oxygen atoms in total. The normalized spacial score (nSPS) is 16.9. The summed E-state index contributed by atoms with van der Waals surface area (Å²) in [5.41, 5.74) is 3.61. The van der Waals surface area contributed by atoms with E-state index in [9.17, 15) is 9.18 Å². The van der Waals surface area contributed by atoms with E-state index < -0.39 is 0 Å². The average Bonchev–Trinajstić information content (AvgIpc) is 2.62. The minimum absolute atomic E-state index is 0.0995. The van der Waals surface area contributed by atoms with Crippen LogP contribution in [0.2, 0.25) is 0 Å². The Morgan fingerprint density at radius 1 is 0.950 bits per heavy atom. The van der Waals surface area contributed by atoms with Gasteiger partial charge in [0, 0.05) is 11.1 Å². The van der Waals surface area contributed by atoms with Crippen molar-refractivity contribution in [2.24, 2.45) is 0 Å². The van der Waals surface area contributed by atoms with Crippen LogP contribution >= 0.6 is 0 Å². The van der Waals surface area contributed by atoms with Crippen molar-refractivity contribution in [2.45, 2.75) is 19.3 Å². The largest absolute Gasteiger partial charge is 0.289 e. The highest BCUT2D eigenvalue weighted by Crippen LogP contribution is 2.25. The Bertz CT molecular complexity index is 668. The molecule has 3 rings (SSSR count). The Kier molecular flexibility index (Phi) is 3.46. The van der Waals surface area contributed by atoms with E-state index in [1.807, 2.05) is 30.3 Å². The first kappa shape index (κ1) is 12.8. The van der Waals surface area contributed by atoms with Gasteiger partial charge in [0.1, 0.15) is 5.82 Å². The smallest absolute Gasteiger partial charge is 0.189 e. The number of hydrogen-bond acceptors (Lipinski definition) is 1. The van der Waals surface area contributed by atoms with E-state index in [0.717, 1.165) is 41.5 Å². The van der Waals surface area contributed by atoms with Crippen LogP contribution in [-0.2, 0) is 6.42 Å². The number of carbonyl (C=O) groups excluding carboxylic acids is 1. The van der Waals surface area contributed by atoms with Gasteiger partial charge in [0.25, 0.3) is 0 Å². The van der Waals surface area contributed by atoms with Gasteiger partial charge in [-0.15, -0.1) is 0 Å². The number of fused-ring (bicyclic) bond motifs is 1. The molecule has 0 aliphatic heterocycles. The first-order chi connectivity index (χ1) is 9.74. The van der Waals surface area contributed by atoms with E-state index in [-0.39, 0.29) is 11.6 Å². The van der Waals surface area contributed by atoms with Crippen molar-refractivity contribution < 1.29 is 9.18 Å². The third kappa shape index (κ3) is 2.55. The molecule has 1 aliphatic carbocycles. The first-order valence-electron chi connectivity index (χ1n) is 6.83. The molecule has 0 amide bonds. The van der Waals surface area contributed by atoms with E-state index in [0.29, 0.717) is 0 Å². The summed E-state index contributed by atoms with van der Waals surface area (Å²) in [6.45, 7) is 0. The SMILES string of the molecule is O=C1/C(=C\c2ccc(F)cc2)CCCc2ccccc21. The zero-order valence-electron chi connectivity index (χ0n) is 11.1. The molecule has 2 aromatic carbocycles. The molecule has 0 radical (unpaired) electrons. The van der Waals surface area contributed by atoms with Crippen molar-refractivity contribution in [1.82, 2.24) is 0 Å². The molecule has 0 aromatic heterocycles. The summed E-state index contributed by atoms with van der Waals surface area (Å²) in [4.78, 5) is 12.6. The Morgan fingerprint density at radius 2 is 1.70 bits per heavy atom. The second-order valence-corrected chi connectivity index (χ2v) is 5.06. The minimum atomic E-state index is -0.260. The van der Waals surface area contributed by atoms with Crippen LogP contribution in [0, 0.1) is 5.82 Å². The molecule has 1 aliphatic rings. The molecular weight excluding hydrogens is 251 g/mol. The van der Waals surface area contributed by atoms with Crippen LogP contribution < -0.4 is 0 Å². The molecule has 0 saturated heterocycles. The highest BCUT2D eigenvalue weighted by atomic mass is 19.1. The standard InChI is InChI=1S/C18H15FO/c19-16-10-8-13(9-11-16)12-15-6-3-5-14-4-1-2-7-17(14)18(15)20/h1-2,4,7-12H,3,5-6H2/b15-12-. The van der Waals surface area contributed by atoms with Crippen LogP contribution in [0.25, 0.3) is 6.08 Å². The van der Waals surface area contributed by atoms with Crippen molar-refractivity contribution in [2.75, 3.05) is 0 Å². The number of benzene rings is 2. The predicted molar refractivity (Wildman–Crippen MR) is 78.1 cm³/mol. The number of carbonyl (C=O) groups is 1. The van der Waals surface area contributed by atoms with E-state index in [4.69, 9.17) is 0 Å². The lowest BCUT2D eigenvalue weighted by molar-refractivity contribution is 0.103. The summed E-state index contributed by atoms with van der Waals surface area (Å²) in [6, 6.07) is 14.0. The number of ketones is 1. The van der Waals surface area contributed by atoms with Gasteiger partial charge in [-0.3, -0.25) is 4.79 Å². The predicted octanol–water partition coefficient (Wildman–Crippen LogP) is 4.43. The van der Waals surface area contributed by atoms with Crippen molar-refractivity contribution in [3.8, 4) is 0 Å². The lowest BCUT2D eigenvalue weighted by Crippen LogP contribution is -2.03. The topological polar surface area (TPSA) is 17.1 Å². The van der Waals surface area contributed by atoms with E-state index >= 15 is 0 Å². The molecule has 0 unspecified atom stereocenters. The zero-order chi connectivity index (χ0) is 13.9. The summed E-state index contributed by atoms with van der Waals surface area (Å²) in [6.07, 6.45) is 4.55. The maximum absolute atomic E-state index is 12.9. The van der Waals surface area contributed by atoms with Crippen LogP contribution in [0.1, 0.15) is 34.3 Å². The third-order valence-electron chi connectivity index (χ3n) is 3.66. The Labute approximate surface area is 117 Å². The number of allylic oxidation sites excluding steroid dienone is 1. The van der Waals surface area contributed by atoms with E-state index in [2.05, 4.69) is 0 Å². The Balaban J connectivity index is 1.98. The van der Waals surface area contributed by atoms with Crippen molar-refractivity contribution in [3.63, 3.8) is 0 Å². The Hall–Kier alpha value is -2.22. The van der Waals surface area contributed by atoms with Gasteiger partial charge in [0.15, 0.2) is 5.78 Å². The van der Waals surface area contributed by atoms with E-state index in [1.165, 1.54) is 12.1 Å². The van der Waals surface area contributed by atoms with Crippen LogP contribution in [-0.4, -0.2) is 5.78 Å². The fourth-order valence-electron chi connectivity index (χ4n) is 2.61. The summed E-state index contributed by atoms with van der Waals surface area (Å²) >= 11 is 0. The van der Waals surface area contributed by atoms with Gasteiger partial charge in [0.2, 0.25) is 0 Å². The molecule has 0 fully saturated rings. The molecule has 2 aromatic rings. The third-order valence-corrected chi connectivity index (χ3v) is 3.66. The minimum Gasteiger partial charge on any atom is -0.289 e. The van der Waals surface area contributed by atoms with Crippen molar-refractivity contribution >= 4 is 11.9 Å². The van der Waals surface area contributed by atoms with Gasteiger partial charge in [-0.05, 0) is 48.6 Å². The number of rotatable bonds is 1. The summed E-state index contributed by atoms with van der Waals surface area (Å²) in [7, 11) is 0. The van der Waals surface area contributed by atoms with Gasteiger partial charge in [-0.2, -0.15) is 0 Å². The number of Topliss-reactive ketones (excluding diaryl/α,β-unsaturated/α-hetero) is 1. The lowest BCUT2D eigenvalue weighted by atomic mass is 9.98. The molecule has 20 heavy (non-hydrogen) atoms. The van der Waals surface area contributed by atoms with Gasteiger partial charge < -0.3 is 0 Å². The molecule has 0 spiro atoms. The van der Waals surface area contributed by atoms with Gasteiger partial charge >= 0.3 is 0 Å². The molecule has 0 saturated carbocycles. The molecule has 2 heteroatoms. The average molecular weight is 266 g/mol. The van der Waals surface area contributed by atoms with Crippen LogP contribution in [0.5, 0.6) is 0 Å². The van der Waals surface area contributed by atoms with Crippen molar-refractivity contribution in [3.05, 3.63) is 76.6 Å². The monoisotopic (exact) mass is 266 g/mol. The molecule has 0 atom stereocenters. The van der Waals surface area contributed by atoms with Crippen LogP contribution in [0.4, 0.5) is 4.39 Å². The van der Waals surface area contributed by atoms with Crippen molar-refractivity contribution in [1.29, 1.82) is 0 Å². The fraction of sp³-hybridized carbons (Fsp3) is 0.167. The first-order valence-corrected chi connectivity index (χ1v) is 6.83. The second-order valence-electron chi connectivity index (χ2n) is 5.06. The molecule has 0 N–H and O–H groups in total. The van der Waals surface area contributed by atoms with Gasteiger partial charge in [-0.1, -0.05) is 36.4 Å². The number of hydrogen-bond donors (Lipinski definition) is 0. The van der Waals surface area contributed by atoms with Crippen LogP contribution in [0.3, 0.4) is 0 Å². The molecular formula is C18H15FO. The lowest BCUT2D eigenvalue weighted by Gasteiger charge is -2.05. The zero-order valence-corrected chi connectivity index (χ0v) is 11.1. The fourth-order valence-corrected chi connectivity index (χ4v) is 2.61. The molecule has 0 bridgehead atoms. The van der Waals surface area contributed by atoms with Gasteiger partial charge in [-0.25, -0.2) is 4.39 Å². The molecule has 0 heterocycles. The second kappa shape index (κ2) is 5.41. The highest BCUT2D eigenvalue weighted by Gasteiger charge is 2.19. The van der Waals surface area contributed by atoms with Gasteiger partial charge in [0.05, 0.1) is 0 Å². The Morgan fingerprint density at radius 3 is 2.50 bits per heavy atom. The maximum Gasteiger partial charge on any atom is 0.189 e. The summed E-state index contributed by atoms with van der Waals surface area (Å²) in [5.74, 6) is -0.160. The summed E-state index contributed by atoms with van der Waals surface area (Å²) < 4.78 is 12.9. The van der Waals surface area contributed by atoms with Crippen LogP contribution in [0.15, 0.2) is 54.1 Å². The number of halogens is 1. The van der Waals surface area contributed by atoms with E-state index in [1.54, 1.807) is 12.1 Å². The number of aryl methyl sites for hydroxylation is 1. The molecule has 100 valence electrons. The quantitative estimate of drug-likeness (QED) is 0.551. The maximum atomic E-state index is 12.9. The highest BCUT2D eigenvalue weighted by molar-refractivity contribution is 6.12. The summed E-state index contributed by atoms with van der Waals surface area (Å²) in [5, 5.41) is 0.